The lowest BCUT2D eigenvalue weighted by atomic mass is 9.76. The van der Waals surface area contributed by atoms with Gasteiger partial charge in [0.05, 0.1) is 24.9 Å². The highest BCUT2D eigenvalue weighted by Gasteiger charge is 2.44. The first-order chi connectivity index (χ1) is 7.81. The number of nitrogens with two attached hydrogens (primary N) is 1. The van der Waals surface area contributed by atoms with Crippen molar-refractivity contribution in [3.05, 3.63) is 54.0 Å². The lowest BCUT2D eigenvalue weighted by Crippen LogP contribution is -2.47. The molecule has 0 unspecified atom stereocenters. The number of anilines is 1. The van der Waals surface area contributed by atoms with Crippen molar-refractivity contribution in [2.45, 2.75) is 5.41 Å². The molecule has 0 saturated carbocycles. The Bertz CT molecular complexity index is 486. The van der Waals surface area contributed by atoms with Gasteiger partial charge < -0.3 is 14.9 Å². The molecule has 2 aromatic rings. The Hall–Kier alpha value is -1.74. The minimum Gasteiger partial charge on any atom is -0.468 e. The van der Waals surface area contributed by atoms with E-state index in [0.717, 1.165) is 17.0 Å². The lowest BCUT2D eigenvalue weighted by molar-refractivity contribution is -0.0475. The molecule has 3 heteroatoms. The first-order valence-electron chi connectivity index (χ1n) is 5.29. The van der Waals surface area contributed by atoms with Crippen molar-refractivity contribution >= 4 is 5.69 Å². The van der Waals surface area contributed by atoms with E-state index in [0.29, 0.717) is 13.2 Å². The van der Waals surface area contributed by atoms with E-state index >= 15 is 0 Å². The zero-order valence-electron chi connectivity index (χ0n) is 8.85. The van der Waals surface area contributed by atoms with E-state index in [4.69, 9.17) is 14.9 Å². The van der Waals surface area contributed by atoms with Crippen LogP contribution in [-0.2, 0) is 10.2 Å². The summed E-state index contributed by atoms with van der Waals surface area (Å²) in [4.78, 5) is 0. The molecule has 3 nitrogen and oxygen atoms in total. The fraction of sp³-hybridized carbons (Fsp3) is 0.231. The Morgan fingerprint density at radius 2 is 2.00 bits per heavy atom. The van der Waals surface area contributed by atoms with Gasteiger partial charge in [-0.3, -0.25) is 0 Å². The van der Waals surface area contributed by atoms with Crippen LogP contribution in [0.5, 0.6) is 0 Å². The molecule has 3 rings (SSSR count). The molecule has 1 fully saturated rings. The lowest BCUT2D eigenvalue weighted by Gasteiger charge is -2.40. The standard InChI is InChI=1S/C13H13NO2/c14-11-4-1-3-10(7-11)13(8-15-9-13)12-5-2-6-16-12/h1-7H,8-9,14H2. The van der Waals surface area contributed by atoms with Gasteiger partial charge in [-0.05, 0) is 29.8 Å². The van der Waals surface area contributed by atoms with Crippen LogP contribution in [0, 0.1) is 0 Å². The molecule has 1 saturated heterocycles. The zero-order chi connectivity index (χ0) is 11.0. The zero-order valence-corrected chi connectivity index (χ0v) is 8.85. The molecule has 0 radical (unpaired) electrons. The molecule has 82 valence electrons. The van der Waals surface area contributed by atoms with E-state index in [-0.39, 0.29) is 5.41 Å². The van der Waals surface area contributed by atoms with E-state index in [9.17, 15) is 0 Å². The van der Waals surface area contributed by atoms with Crippen molar-refractivity contribution in [2.75, 3.05) is 18.9 Å². The maximum absolute atomic E-state index is 5.82. The summed E-state index contributed by atoms with van der Waals surface area (Å²) in [5.74, 6) is 0.948. The second-order valence-corrected chi connectivity index (χ2v) is 4.18. The van der Waals surface area contributed by atoms with Gasteiger partial charge in [-0.1, -0.05) is 12.1 Å². The maximum Gasteiger partial charge on any atom is 0.118 e. The van der Waals surface area contributed by atoms with Gasteiger partial charge in [-0.15, -0.1) is 0 Å². The van der Waals surface area contributed by atoms with Crippen molar-refractivity contribution in [3.63, 3.8) is 0 Å². The first kappa shape index (κ1) is 9.48. The van der Waals surface area contributed by atoms with Crippen LogP contribution in [0.25, 0.3) is 0 Å². The summed E-state index contributed by atoms with van der Waals surface area (Å²) in [6, 6.07) is 11.8. The topological polar surface area (TPSA) is 48.4 Å². The third-order valence-electron chi connectivity index (χ3n) is 3.13. The molecule has 16 heavy (non-hydrogen) atoms. The van der Waals surface area contributed by atoms with E-state index in [2.05, 4.69) is 6.07 Å². The summed E-state index contributed by atoms with van der Waals surface area (Å²) >= 11 is 0. The quantitative estimate of drug-likeness (QED) is 0.781. The van der Waals surface area contributed by atoms with Crippen molar-refractivity contribution < 1.29 is 9.15 Å². The number of nitrogen functional groups attached to an aromatic ring is 1. The fourth-order valence-electron chi connectivity index (χ4n) is 2.14. The number of hydrogen-bond donors (Lipinski definition) is 1. The molecule has 2 N–H and O–H groups in total. The van der Waals surface area contributed by atoms with E-state index < -0.39 is 0 Å². The Kier molecular flexibility index (Phi) is 2.01. The fourth-order valence-corrected chi connectivity index (χ4v) is 2.14. The minimum atomic E-state index is -0.140. The van der Waals surface area contributed by atoms with Gasteiger partial charge in [-0.2, -0.15) is 0 Å². The van der Waals surface area contributed by atoms with Crippen molar-refractivity contribution in [1.82, 2.24) is 0 Å². The second kappa shape index (κ2) is 3.39. The van der Waals surface area contributed by atoms with Crippen LogP contribution in [0.1, 0.15) is 11.3 Å². The molecule has 0 spiro atoms. The molecule has 1 aliphatic heterocycles. The molecule has 1 aromatic carbocycles. The largest absolute Gasteiger partial charge is 0.468 e. The summed E-state index contributed by atoms with van der Waals surface area (Å²) in [6.45, 7) is 1.31. The van der Waals surface area contributed by atoms with Crippen LogP contribution in [0.15, 0.2) is 47.1 Å². The van der Waals surface area contributed by atoms with Crippen LogP contribution in [-0.4, -0.2) is 13.2 Å². The van der Waals surface area contributed by atoms with Gasteiger partial charge in [0.15, 0.2) is 0 Å². The molecule has 0 bridgehead atoms. The van der Waals surface area contributed by atoms with Gasteiger partial charge >= 0.3 is 0 Å². The highest BCUT2D eigenvalue weighted by molar-refractivity contribution is 5.47. The Balaban J connectivity index is 2.09. The Morgan fingerprint density at radius 1 is 1.12 bits per heavy atom. The van der Waals surface area contributed by atoms with E-state index in [1.807, 2.05) is 30.3 Å². The smallest absolute Gasteiger partial charge is 0.118 e. The summed E-state index contributed by atoms with van der Waals surface area (Å²) < 4.78 is 10.9. The number of benzene rings is 1. The third-order valence-corrected chi connectivity index (χ3v) is 3.13. The SMILES string of the molecule is Nc1cccc(C2(c3ccco3)COC2)c1. The summed E-state index contributed by atoms with van der Waals surface area (Å²) in [5, 5.41) is 0. The number of furan rings is 1. The molecule has 0 amide bonds. The molecule has 1 aromatic heterocycles. The Morgan fingerprint density at radius 3 is 2.56 bits per heavy atom. The predicted octanol–water partition coefficient (Wildman–Crippen LogP) is 2.18. The summed E-state index contributed by atoms with van der Waals surface area (Å²) in [5.41, 5.74) is 7.61. The molecular formula is C13H13NO2. The first-order valence-corrected chi connectivity index (χ1v) is 5.29. The highest BCUT2D eigenvalue weighted by atomic mass is 16.5. The number of hydrogen-bond acceptors (Lipinski definition) is 3. The van der Waals surface area contributed by atoms with Crippen molar-refractivity contribution in [1.29, 1.82) is 0 Å². The van der Waals surface area contributed by atoms with Gasteiger partial charge in [0, 0.05) is 5.69 Å². The van der Waals surface area contributed by atoms with Gasteiger partial charge in [0.2, 0.25) is 0 Å². The number of ether oxygens (including phenoxy) is 1. The van der Waals surface area contributed by atoms with Crippen LogP contribution >= 0.6 is 0 Å². The molecule has 2 heterocycles. The van der Waals surface area contributed by atoms with E-state index in [1.165, 1.54) is 0 Å². The van der Waals surface area contributed by atoms with Crippen LogP contribution < -0.4 is 5.73 Å². The summed E-state index contributed by atoms with van der Waals surface area (Å²) in [7, 11) is 0. The van der Waals surface area contributed by atoms with E-state index in [1.54, 1.807) is 6.26 Å². The average Bonchev–Trinajstić information content (AvgIpc) is 2.70. The van der Waals surface area contributed by atoms with Crippen molar-refractivity contribution in [3.8, 4) is 0 Å². The normalized spacial score (nSPS) is 18.0. The predicted molar refractivity (Wildman–Crippen MR) is 61.2 cm³/mol. The maximum atomic E-state index is 5.82. The van der Waals surface area contributed by atoms with Gasteiger partial charge in [-0.25, -0.2) is 0 Å². The summed E-state index contributed by atoms with van der Waals surface area (Å²) in [6.07, 6.45) is 1.70. The Labute approximate surface area is 93.8 Å². The second-order valence-electron chi connectivity index (χ2n) is 4.18. The van der Waals surface area contributed by atoms with Crippen LogP contribution in [0.4, 0.5) is 5.69 Å². The van der Waals surface area contributed by atoms with Gasteiger partial charge in [0.1, 0.15) is 5.76 Å². The minimum absolute atomic E-state index is 0.140. The monoisotopic (exact) mass is 215 g/mol. The molecule has 0 atom stereocenters. The average molecular weight is 215 g/mol. The highest BCUT2D eigenvalue weighted by Crippen LogP contribution is 2.39. The van der Waals surface area contributed by atoms with Crippen molar-refractivity contribution in [2.24, 2.45) is 0 Å². The van der Waals surface area contributed by atoms with Crippen LogP contribution in [0.3, 0.4) is 0 Å². The van der Waals surface area contributed by atoms with Gasteiger partial charge in [0.25, 0.3) is 0 Å². The molecule has 0 aliphatic carbocycles. The number of rotatable bonds is 2. The van der Waals surface area contributed by atoms with Crippen LogP contribution in [0.2, 0.25) is 0 Å². The third kappa shape index (κ3) is 1.25. The molecular weight excluding hydrogens is 202 g/mol. The molecule has 1 aliphatic rings.